The minimum absolute atomic E-state index is 0.192. The minimum Gasteiger partial charge on any atom is -0.426 e. The van der Waals surface area contributed by atoms with E-state index in [0.29, 0.717) is 24.5 Å². The average molecular weight is 360 g/mol. The highest BCUT2D eigenvalue weighted by molar-refractivity contribution is 5.72. The van der Waals surface area contributed by atoms with E-state index in [1.165, 1.54) is 25.7 Å². The van der Waals surface area contributed by atoms with E-state index in [2.05, 4.69) is 6.92 Å². The third kappa shape index (κ3) is 6.01. The molecule has 0 saturated heterocycles. The Balaban J connectivity index is 1.78. The first kappa shape index (κ1) is 19.7. The number of ether oxygens (including phenoxy) is 1. The van der Waals surface area contributed by atoms with Gasteiger partial charge in [-0.25, -0.2) is 4.39 Å². The van der Waals surface area contributed by atoms with Crippen LogP contribution in [0.3, 0.4) is 0 Å². The van der Waals surface area contributed by atoms with Gasteiger partial charge in [-0.15, -0.1) is 0 Å². The lowest BCUT2D eigenvalue weighted by Crippen LogP contribution is -2.17. The molecule has 2 rings (SSSR count). The summed E-state index contributed by atoms with van der Waals surface area (Å²) in [4.78, 5) is 11.8. The Hall–Kier alpha value is -1.59. The molecule has 0 aromatic heterocycles. The molecule has 0 aliphatic heterocycles. The summed E-state index contributed by atoms with van der Waals surface area (Å²) in [5.74, 6) is -0.877. The van der Waals surface area contributed by atoms with E-state index in [4.69, 9.17) is 4.74 Å². The minimum atomic E-state index is -4.76. The van der Waals surface area contributed by atoms with Gasteiger partial charge in [-0.2, -0.15) is 13.2 Å². The van der Waals surface area contributed by atoms with Gasteiger partial charge in [-0.1, -0.05) is 45.4 Å². The molecule has 0 bridgehead atoms. The van der Waals surface area contributed by atoms with Crippen LogP contribution in [0.2, 0.25) is 0 Å². The average Bonchev–Trinajstić information content (AvgIpc) is 2.53. The number of alkyl halides is 3. The zero-order valence-corrected chi connectivity index (χ0v) is 14.4. The van der Waals surface area contributed by atoms with Crippen molar-refractivity contribution in [2.24, 2.45) is 11.8 Å². The molecule has 1 fully saturated rings. The largest absolute Gasteiger partial charge is 0.426 e. The van der Waals surface area contributed by atoms with Crippen molar-refractivity contribution in [2.75, 3.05) is 0 Å². The Morgan fingerprint density at radius 3 is 2.24 bits per heavy atom. The molecule has 1 aliphatic carbocycles. The molecule has 1 aromatic carbocycles. The van der Waals surface area contributed by atoms with Crippen LogP contribution < -0.4 is 4.74 Å². The number of halogens is 4. The number of benzene rings is 1. The highest BCUT2D eigenvalue weighted by Crippen LogP contribution is 2.34. The van der Waals surface area contributed by atoms with E-state index in [1.54, 1.807) is 0 Å². The summed E-state index contributed by atoms with van der Waals surface area (Å²) in [5.41, 5.74) is -1.36. The molecule has 25 heavy (non-hydrogen) atoms. The number of rotatable bonds is 6. The smallest absolute Gasteiger partial charge is 0.419 e. The third-order valence-corrected chi connectivity index (χ3v) is 4.90. The number of hydrogen-bond donors (Lipinski definition) is 0. The van der Waals surface area contributed by atoms with Gasteiger partial charge >= 0.3 is 12.1 Å². The molecule has 0 atom stereocenters. The second-order valence-corrected chi connectivity index (χ2v) is 6.83. The normalized spacial score (nSPS) is 21.2. The summed E-state index contributed by atoms with van der Waals surface area (Å²) in [6.07, 6.45) is 3.20. The maximum absolute atomic E-state index is 13.5. The summed E-state index contributed by atoms with van der Waals surface area (Å²) in [6.45, 7) is 2.19. The van der Waals surface area contributed by atoms with Gasteiger partial charge in [0, 0.05) is 12.5 Å². The maximum atomic E-state index is 13.5. The van der Waals surface area contributed by atoms with Gasteiger partial charge < -0.3 is 4.74 Å². The first-order valence-electron chi connectivity index (χ1n) is 8.87. The molecule has 0 amide bonds. The van der Waals surface area contributed by atoms with Crippen molar-refractivity contribution >= 4 is 5.97 Å². The Bertz CT molecular complexity index is 575. The fraction of sp³-hybridized carbons (Fsp3) is 0.632. The lowest BCUT2D eigenvalue weighted by molar-refractivity contribution is -0.140. The van der Waals surface area contributed by atoms with Crippen LogP contribution in [-0.4, -0.2) is 5.97 Å². The zero-order chi connectivity index (χ0) is 18.4. The fourth-order valence-electron chi connectivity index (χ4n) is 3.51. The van der Waals surface area contributed by atoms with Crippen molar-refractivity contribution in [3.8, 4) is 5.75 Å². The lowest BCUT2D eigenvalue weighted by Gasteiger charge is -2.28. The number of esters is 1. The second kappa shape index (κ2) is 8.68. The molecule has 1 saturated carbocycles. The van der Waals surface area contributed by atoms with Gasteiger partial charge in [0.15, 0.2) is 0 Å². The third-order valence-electron chi connectivity index (χ3n) is 4.90. The highest BCUT2D eigenvalue weighted by Gasteiger charge is 2.34. The highest BCUT2D eigenvalue weighted by atomic mass is 19.4. The fourth-order valence-corrected chi connectivity index (χ4v) is 3.51. The molecule has 6 heteroatoms. The molecule has 1 aliphatic rings. The summed E-state index contributed by atoms with van der Waals surface area (Å²) >= 11 is 0. The second-order valence-electron chi connectivity index (χ2n) is 6.83. The topological polar surface area (TPSA) is 26.3 Å². The van der Waals surface area contributed by atoms with Crippen molar-refractivity contribution in [1.82, 2.24) is 0 Å². The van der Waals surface area contributed by atoms with E-state index < -0.39 is 23.5 Å². The van der Waals surface area contributed by atoms with E-state index in [0.717, 1.165) is 24.8 Å². The lowest BCUT2D eigenvalue weighted by atomic mass is 9.78. The molecular weight excluding hydrogens is 336 g/mol. The first-order valence-corrected chi connectivity index (χ1v) is 8.87. The van der Waals surface area contributed by atoms with Crippen molar-refractivity contribution in [1.29, 1.82) is 0 Å². The van der Waals surface area contributed by atoms with Crippen LogP contribution in [0, 0.1) is 17.7 Å². The van der Waals surface area contributed by atoms with Gasteiger partial charge in [0.25, 0.3) is 0 Å². The summed E-state index contributed by atoms with van der Waals surface area (Å²) in [5, 5.41) is 0. The standard InChI is InChI=1S/C19H24F4O2/c1-2-3-13-4-6-14(7-5-13)8-11-18(24)25-15-9-10-16(17(20)12-15)19(21,22)23/h9-10,12-14H,2-8,11H2,1H3. The van der Waals surface area contributed by atoms with Crippen LogP contribution in [0.4, 0.5) is 17.6 Å². The maximum Gasteiger partial charge on any atom is 0.419 e. The van der Waals surface area contributed by atoms with E-state index >= 15 is 0 Å². The van der Waals surface area contributed by atoms with E-state index in [-0.39, 0.29) is 12.2 Å². The summed E-state index contributed by atoms with van der Waals surface area (Å²) in [7, 11) is 0. The monoisotopic (exact) mass is 360 g/mol. The predicted molar refractivity (Wildman–Crippen MR) is 86.6 cm³/mol. The van der Waals surface area contributed by atoms with Gasteiger partial charge in [0.2, 0.25) is 0 Å². The van der Waals surface area contributed by atoms with Crippen LogP contribution >= 0.6 is 0 Å². The van der Waals surface area contributed by atoms with Crippen LogP contribution in [0.15, 0.2) is 18.2 Å². The van der Waals surface area contributed by atoms with Gasteiger partial charge in [0.05, 0.1) is 5.56 Å². The molecule has 0 unspecified atom stereocenters. The Morgan fingerprint density at radius 1 is 1.12 bits per heavy atom. The van der Waals surface area contributed by atoms with Crippen LogP contribution in [0.25, 0.3) is 0 Å². The van der Waals surface area contributed by atoms with E-state index in [9.17, 15) is 22.4 Å². The number of carbonyl (C=O) groups excluding carboxylic acids is 1. The molecule has 2 nitrogen and oxygen atoms in total. The first-order chi connectivity index (χ1) is 11.8. The van der Waals surface area contributed by atoms with Crippen molar-refractivity contribution in [3.05, 3.63) is 29.6 Å². The molecule has 0 spiro atoms. The number of carbonyl (C=O) groups is 1. The molecule has 0 heterocycles. The van der Waals surface area contributed by atoms with E-state index in [1.807, 2.05) is 0 Å². The summed E-state index contributed by atoms with van der Waals surface area (Å²) in [6, 6.07) is 2.17. The molecule has 140 valence electrons. The SMILES string of the molecule is CCCC1CCC(CCC(=O)Oc2ccc(C(F)(F)F)c(F)c2)CC1. The van der Waals surface area contributed by atoms with Gasteiger partial charge in [0.1, 0.15) is 11.6 Å². The molecule has 1 aromatic rings. The predicted octanol–water partition coefficient (Wildman–Crippen LogP) is 6.14. The van der Waals surface area contributed by atoms with Crippen molar-refractivity contribution in [3.63, 3.8) is 0 Å². The van der Waals surface area contributed by atoms with Crippen LogP contribution in [-0.2, 0) is 11.0 Å². The van der Waals surface area contributed by atoms with Crippen LogP contribution in [0.1, 0.15) is 63.9 Å². The molecule has 0 N–H and O–H groups in total. The Morgan fingerprint density at radius 2 is 1.72 bits per heavy atom. The Labute approximate surface area is 145 Å². The van der Waals surface area contributed by atoms with Crippen molar-refractivity contribution in [2.45, 2.75) is 64.5 Å². The van der Waals surface area contributed by atoms with Crippen molar-refractivity contribution < 1.29 is 27.1 Å². The van der Waals surface area contributed by atoms with Crippen LogP contribution in [0.5, 0.6) is 5.75 Å². The Kier molecular flexibility index (Phi) is 6.85. The molecular formula is C19H24F4O2. The molecule has 0 radical (unpaired) electrons. The quantitative estimate of drug-likeness (QED) is 0.346. The van der Waals surface area contributed by atoms with Gasteiger partial charge in [-0.3, -0.25) is 4.79 Å². The summed E-state index contributed by atoms with van der Waals surface area (Å²) < 4.78 is 55.9. The van der Waals surface area contributed by atoms with Gasteiger partial charge in [-0.05, 0) is 30.4 Å². The number of hydrogen-bond acceptors (Lipinski definition) is 2. The zero-order valence-electron chi connectivity index (χ0n) is 14.4.